The average Bonchev–Trinajstić information content (AvgIpc) is 3.46. The Morgan fingerprint density at radius 3 is 2.86 bits per heavy atom. The summed E-state index contributed by atoms with van der Waals surface area (Å²) >= 11 is 7.76. The Labute approximate surface area is 170 Å². The van der Waals surface area contributed by atoms with E-state index in [1.807, 2.05) is 35.7 Å². The van der Waals surface area contributed by atoms with E-state index in [1.165, 1.54) is 17.0 Å². The quantitative estimate of drug-likeness (QED) is 0.441. The van der Waals surface area contributed by atoms with Crippen LogP contribution in [0.5, 0.6) is 0 Å². The van der Waals surface area contributed by atoms with Gasteiger partial charge in [-0.3, -0.25) is 4.79 Å². The Morgan fingerprint density at radius 1 is 1.21 bits per heavy atom. The standard InChI is InChI=1S/C20H15ClN4O2S/c21-16-7-2-1-5-14(16)9-10-18(26)25-20(22-13-15-6-4-12-28-15)23-19(24-25)17-8-3-11-27-17/h1-12H,13H2,(H,22,23,24). The zero-order chi connectivity index (χ0) is 19.3. The zero-order valence-corrected chi connectivity index (χ0v) is 16.2. The molecule has 0 bridgehead atoms. The van der Waals surface area contributed by atoms with Crippen LogP contribution in [0.4, 0.5) is 5.95 Å². The number of carbonyl (C=O) groups is 1. The predicted octanol–water partition coefficient (Wildman–Crippen LogP) is 5.22. The van der Waals surface area contributed by atoms with Crippen molar-refractivity contribution in [3.8, 4) is 11.6 Å². The van der Waals surface area contributed by atoms with Gasteiger partial charge in [0.15, 0.2) is 5.76 Å². The summed E-state index contributed by atoms with van der Waals surface area (Å²) in [5, 5.41) is 10.0. The Morgan fingerprint density at radius 2 is 2.11 bits per heavy atom. The summed E-state index contributed by atoms with van der Waals surface area (Å²) in [6, 6.07) is 14.8. The van der Waals surface area contributed by atoms with Crippen LogP contribution in [0.3, 0.4) is 0 Å². The Kier molecular flexibility index (Phi) is 5.36. The van der Waals surface area contributed by atoms with Gasteiger partial charge < -0.3 is 9.73 Å². The molecule has 3 aromatic heterocycles. The highest BCUT2D eigenvalue weighted by Crippen LogP contribution is 2.20. The molecule has 4 aromatic rings. The molecule has 1 aromatic carbocycles. The fourth-order valence-electron chi connectivity index (χ4n) is 2.51. The second-order valence-corrected chi connectivity index (χ2v) is 7.21. The Balaban J connectivity index is 1.61. The number of nitrogens with one attached hydrogen (secondary N) is 1. The summed E-state index contributed by atoms with van der Waals surface area (Å²) in [5.41, 5.74) is 0.747. The topological polar surface area (TPSA) is 73.0 Å². The number of allylic oxidation sites excluding steroid dienone is 1. The van der Waals surface area contributed by atoms with Crippen molar-refractivity contribution in [3.05, 3.63) is 81.7 Å². The first-order valence-electron chi connectivity index (χ1n) is 8.45. The number of thiophene rings is 1. The van der Waals surface area contributed by atoms with E-state index in [2.05, 4.69) is 15.4 Å². The van der Waals surface area contributed by atoms with Crippen molar-refractivity contribution in [2.45, 2.75) is 6.54 Å². The van der Waals surface area contributed by atoms with Crippen molar-refractivity contribution in [3.63, 3.8) is 0 Å². The van der Waals surface area contributed by atoms with Crippen molar-refractivity contribution < 1.29 is 9.21 Å². The maximum Gasteiger partial charge on any atom is 0.274 e. The minimum atomic E-state index is -0.348. The molecule has 0 aliphatic rings. The third kappa shape index (κ3) is 4.05. The molecule has 0 spiro atoms. The van der Waals surface area contributed by atoms with Gasteiger partial charge in [0.2, 0.25) is 11.8 Å². The van der Waals surface area contributed by atoms with Crippen molar-refractivity contribution in [1.82, 2.24) is 14.8 Å². The molecule has 28 heavy (non-hydrogen) atoms. The van der Waals surface area contributed by atoms with Crippen LogP contribution in [-0.4, -0.2) is 20.7 Å². The molecule has 1 N–H and O–H groups in total. The third-order valence-electron chi connectivity index (χ3n) is 3.87. The lowest BCUT2D eigenvalue weighted by Crippen LogP contribution is -2.14. The number of rotatable bonds is 6. The number of benzene rings is 1. The van der Waals surface area contributed by atoms with Crippen molar-refractivity contribution >= 4 is 40.9 Å². The average molecular weight is 411 g/mol. The van der Waals surface area contributed by atoms with Crippen molar-refractivity contribution in [2.24, 2.45) is 0 Å². The first-order valence-corrected chi connectivity index (χ1v) is 9.70. The number of hydrogen-bond acceptors (Lipinski definition) is 6. The number of nitrogens with zero attached hydrogens (tertiary/aromatic N) is 3. The molecule has 0 amide bonds. The first kappa shape index (κ1) is 18.2. The molecule has 0 aliphatic carbocycles. The summed E-state index contributed by atoms with van der Waals surface area (Å²) in [5.74, 6) is 0.812. The van der Waals surface area contributed by atoms with Gasteiger partial charge in [-0.1, -0.05) is 35.9 Å². The monoisotopic (exact) mass is 410 g/mol. The summed E-state index contributed by atoms with van der Waals surface area (Å²) in [6.45, 7) is 0.537. The van der Waals surface area contributed by atoms with Crippen LogP contribution in [0.1, 0.15) is 15.2 Å². The second-order valence-electron chi connectivity index (χ2n) is 5.77. The molecule has 3 heterocycles. The van der Waals surface area contributed by atoms with E-state index in [9.17, 15) is 4.79 Å². The number of halogens is 1. The SMILES string of the molecule is O=C(C=Cc1ccccc1Cl)n1nc(-c2ccco2)nc1NCc1cccs1. The minimum absolute atomic E-state index is 0.332. The highest BCUT2D eigenvalue weighted by molar-refractivity contribution is 7.09. The summed E-state index contributed by atoms with van der Waals surface area (Å²) in [6.07, 6.45) is 4.61. The van der Waals surface area contributed by atoms with E-state index in [0.29, 0.717) is 29.1 Å². The Hall–Kier alpha value is -3.16. The maximum absolute atomic E-state index is 12.8. The third-order valence-corrected chi connectivity index (χ3v) is 5.09. The molecule has 0 radical (unpaired) electrons. The highest BCUT2D eigenvalue weighted by Gasteiger charge is 2.17. The molecule has 8 heteroatoms. The molecular formula is C20H15ClN4O2S. The van der Waals surface area contributed by atoms with Crippen LogP contribution in [0, 0.1) is 0 Å². The van der Waals surface area contributed by atoms with E-state index in [1.54, 1.807) is 35.6 Å². The lowest BCUT2D eigenvalue weighted by molar-refractivity contribution is 0.0957. The summed E-state index contributed by atoms with van der Waals surface area (Å²) < 4.78 is 6.57. The largest absolute Gasteiger partial charge is 0.461 e. The zero-order valence-electron chi connectivity index (χ0n) is 14.6. The molecule has 0 saturated carbocycles. The van der Waals surface area contributed by atoms with E-state index in [0.717, 1.165) is 10.4 Å². The molecule has 0 atom stereocenters. The molecule has 6 nitrogen and oxygen atoms in total. The normalized spacial score (nSPS) is 11.2. The summed E-state index contributed by atoms with van der Waals surface area (Å²) in [7, 11) is 0. The van der Waals surface area contributed by atoms with Crippen LogP contribution < -0.4 is 5.32 Å². The van der Waals surface area contributed by atoms with Crippen LogP contribution in [0.25, 0.3) is 17.7 Å². The van der Waals surface area contributed by atoms with Crippen LogP contribution in [0.15, 0.2) is 70.7 Å². The first-order chi connectivity index (χ1) is 13.7. The lowest BCUT2D eigenvalue weighted by atomic mass is 10.2. The minimum Gasteiger partial charge on any atom is -0.461 e. The van der Waals surface area contributed by atoms with Crippen LogP contribution >= 0.6 is 22.9 Å². The number of hydrogen-bond donors (Lipinski definition) is 1. The molecule has 0 saturated heterocycles. The number of carbonyl (C=O) groups excluding carboxylic acids is 1. The van der Waals surface area contributed by atoms with Gasteiger partial charge in [-0.15, -0.1) is 16.4 Å². The van der Waals surface area contributed by atoms with Gasteiger partial charge in [0.05, 0.1) is 12.8 Å². The molecular weight excluding hydrogens is 396 g/mol. The van der Waals surface area contributed by atoms with Gasteiger partial charge in [-0.05, 0) is 41.3 Å². The predicted molar refractivity (Wildman–Crippen MR) is 110 cm³/mol. The van der Waals surface area contributed by atoms with Crippen molar-refractivity contribution in [2.75, 3.05) is 5.32 Å². The van der Waals surface area contributed by atoms with Crippen LogP contribution in [-0.2, 0) is 6.54 Å². The molecule has 4 rings (SSSR count). The van der Waals surface area contributed by atoms with Crippen LogP contribution in [0.2, 0.25) is 5.02 Å². The van der Waals surface area contributed by atoms with E-state index >= 15 is 0 Å². The highest BCUT2D eigenvalue weighted by atomic mass is 35.5. The van der Waals surface area contributed by atoms with E-state index in [-0.39, 0.29) is 5.91 Å². The molecule has 0 unspecified atom stereocenters. The van der Waals surface area contributed by atoms with Gasteiger partial charge in [-0.2, -0.15) is 9.67 Å². The Bertz CT molecular complexity index is 1100. The smallest absolute Gasteiger partial charge is 0.274 e. The molecule has 0 fully saturated rings. The lowest BCUT2D eigenvalue weighted by Gasteiger charge is -2.04. The van der Waals surface area contributed by atoms with E-state index < -0.39 is 0 Å². The van der Waals surface area contributed by atoms with Gasteiger partial charge in [0.1, 0.15) is 0 Å². The van der Waals surface area contributed by atoms with Gasteiger partial charge in [0, 0.05) is 16.0 Å². The molecule has 140 valence electrons. The number of anilines is 1. The van der Waals surface area contributed by atoms with Gasteiger partial charge in [-0.25, -0.2) is 0 Å². The second kappa shape index (κ2) is 8.24. The fourth-order valence-corrected chi connectivity index (χ4v) is 3.35. The molecule has 0 aliphatic heterocycles. The number of aromatic nitrogens is 3. The van der Waals surface area contributed by atoms with E-state index in [4.69, 9.17) is 16.0 Å². The number of furan rings is 1. The fraction of sp³-hybridized carbons (Fsp3) is 0.0500. The van der Waals surface area contributed by atoms with Gasteiger partial charge in [0.25, 0.3) is 5.91 Å². The van der Waals surface area contributed by atoms with Gasteiger partial charge >= 0.3 is 0 Å². The maximum atomic E-state index is 12.8. The summed E-state index contributed by atoms with van der Waals surface area (Å²) in [4.78, 5) is 18.3. The van der Waals surface area contributed by atoms with Crippen molar-refractivity contribution in [1.29, 1.82) is 0 Å².